The van der Waals surface area contributed by atoms with E-state index in [0.29, 0.717) is 19.2 Å². The highest BCUT2D eigenvalue weighted by Crippen LogP contribution is 2.25. The third-order valence-electron chi connectivity index (χ3n) is 4.71. The van der Waals surface area contributed by atoms with Gasteiger partial charge >= 0.3 is 0 Å². The number of halogens is 1. The van der Waals surface area contributed by atoms with Crippen molar-refractivity contribution in [3.05, 3.63) is 59.7 Å². The van der Waals surface area contributed by atoms with Crippen LogP contribution in [-0.2, 0) is 12.8 Å². The van der Waals surface area contributed by atoms with Crippen LogP contribution in [0.15, 0.2) is 48.5 Å². The van der Waals surface area contributed by atoms with Crippen LogP contribution < -0.4 is 14.8 Å². The summed E-state index contributed by atoms with van der Waals surface area (Å²) < 4.78 is 10.9. The molecule has 0 fully saturated rings. The van der Waals surface area contributed by atoms with Crippen molar-refractivity contribution < 1.29 is 14.6 Å². The number of aryl methyl sites for hydroxylation is 1. The number of nitrogens with one attached hydrogen (secondary N) is 1. The molecule has 0 heterocycles. The first-order valence-electron chi connectivity index (χ1n) is 8.99. The molecule has 5 heteroatoms. The second-order valence-corrected chi connectivity index (χ2v) is 6.61. The van der Waals surface area contributed by atoms with E-state index in [1.165, 1.54) is 11.1 Å². The van der Waals surface area contributed by atoms with Crippen molar-refractivity contribution in [2.45, 2.75) is 37.8 Å². The fourth-order valence-electron chi connectivity index (χ4n) is 3.31. The Bertz CT molecular complexity index is 666. The van der Waals surface area contributed by atoms with Crippen LogP contribution in [-0.4, -0.2) is 37.5 Å². The number of benzene rings is 2. The number of aliphatic hydroxyl groups is 1. The van der Waals surface area contributed by atoms with Gasteiger partial charge in [-0.2, -0.15) is 0 Å². The SMILES string of the molecule is COc1ccc2c(c1)CCCC(NC[C@H](O)COc1ccccc1)C2.Cl. The molecule has 0 saturated heterocycles. The molecule has 1 aliphatic rings. The first-order chi connectivity index (χ1) is 12.2. The van der Waals surface area contributed by atoms with Crippen LogP contribution in [0.1, 0.15) is 24.0 Å². The fraction of sp³-hybridized carbons (Fsp3) is 0.429. The Morgan fingerprint density at radius 1 is 1.12 bits per heavy atom. The van der Waals surface area contributed by atoms with E-state index >= 15 is 0 Å². The lowest BCUT2D eigenvalue weighted by Crippen LogP contribution is -2.39. The second-order valence-electron chi connectivity index (χ2n) is 6.61. The van der Waals surface area contributed by atoms with Gasteiger partial charge in [-0.1, -0.05) is 24.3 Å². The molecule has 0 amide bonds. The minimum absolute atomic E-state index is 0. The van der Waals surface area contributed by atoms with Gasteiger partial charge in [-0.05, 0) is 61.1 Å². The van der Waals surface area contributed by atoms with Gasteiger partial charge in [0.05, 0.1) is 7.11 Å². The number of hydrogen-bond donors (Lipinski definition) is 2. The largest absolute Gasteiger partial charge is 0.497 e. The van der Waals surface area contributed by atoms with Crippen LogP contribution in [0.2, 0.25) is 0 Å². The first-order valence-corrected chi connectivity index (χ1v) is 8.99. The summed E-state index contributed by atoms with van der Waals surface area (Å²) in [5.74, 6) is 1.72. The van der Waals surface area contributed by atoms with Gasteiger partial charge in [0.2, 0.25) is 0 Å². The number of fused-ring (bicyclic) bond motifs is 1. The van der Waals surface area contributed by atoms with E-state index in [-0.39, 0.29) is 12.4 Å². The third-order valence-corrected chi connectivity index (χ3v) is 4.71. The molecule has 0 saturated carbocycles. The summed E-state index contributed by atoms with van der Waals surface area (Å²) in [4.78, 5) is 0. The number of aliphatic hydroxyl groups excluding tert-OH is 1. The average molecular weight is 378 g/mol. The summed E-state index contributed by atoms with van der Waals surface area (Å²) in [6, 6.07) is 16.3. The van der Waals surface area contributed by atoms with Gasteiger partial charge in [-0.3, -0.25) is 0 Å². The zero-order valence-corrected chi connectivity index (χ0v) is 16.0. The van der Waals surface area contributed by atoms with Gasteiger partial charge in [0.25, 0.3) is 0 Å². The first kappa shape index (κ1) is 20.6. The number of para-hydroxylation sites is 1. The second kappa shape index (κ2) is 10.4. The Labute approximate surface area is 161 Å². The molecule has 1 aliphatic carbocycles. The van der Waals surface area contributed by atoms with Gasteiger partial charge in [-0.15, -0.1) is 12.4 Å². The number of ether oxygens (including phenoxy) is 2. The van der Waals surface area contributed by atoms with E-state index < -0.39 is 6.10 Å². The van der Waals surface area contributed by atoms with Gasteiger partial charge in [0.15, 0.2) is 0 Å². The highest BCUT2D eigenvalue weighted by Gasteiger charge is 2.18. The van der Waals surface area contributed by atoms with Gasteiger partial charge in [0.1, 0.15) is 24.2 Å². The normalized spacial score (nSPS) is 17.4. The molecule has 1 unspecified atom stereocenters. The lowest BCUT2D eigenvalue weighted by molar-refractivity contribution is 0.103. The summed E-state index contributed by atoms with van der Waals surface area (Å²) in [7, 11) is 1.71. The molecule has 0 aromatic heterocycles. The Kier molecular flexibility index (Phi) is 8.23. The van der Waals surface area contributed by atoms with Crippen LogP contribution in [0.4, 0.5) is 0 Å². The molecule has 0 spiro atoms. The topological polar surface area (TPSA) is 50.7 Å². The number of hydrogen-bond acceptors (Lipinski definition) is 4. The van der Waals surface area contributed by atoms with E-state index in [9.17, 15) is 5.11 Å². The van der Waals surface area contributed by atoms with Crippen molar-refractivity contribution in [2.75, 3.05) is 20.3 Å². The molecule has 2 atom stereocenters. The zero-order valence-electron chi connectivity index (χ0n) is 15.2. The van der Waals surface area contributed by atoms with Crippen molar-refractivity contribution in [1.82, 2.24) is 5.32 Å². The molecule has 0 radical (unpaired) electrons. The smallest absolute Gasteiger partial charge is 0.119 e. The zero-order chi connectivity index (χ0) is 17.5. The maximum atomic E-state index is 10.2. The minimum atomic E-state index is -0.515. The maximum Gasteiger partial charge on any atom is 0.119 e. The molecule has 3 rings (SSSR count). The molecule has 2 N–H and O–H groups in total. The van der Waals surface area contributed by atoms with Crippen molar-refractivity contribution >= 4 is 12.4 Å². The molecule has 4 nitrogen and oxygen atoms in total. The maximum absolute atomic E-state index is 10.2. The molecule has 2 aromatic carbocycles. The Morgan fingerprint density at radius 2 is 1.92 bits per heavy atom. The predicted molar refractivity (Wildman–Crippen MR) is 107 cm³/mol. The Balaban J connectivity index is 0.00000243. The van der Waals surface area contributed by atoms with Crippen molar-refractivity contribution in [3.8, 4) is 11.5 Å². The summed E-state index contributed by atoms with van der Waals surface area (Å²) in [6.45, 7) is 0.848. The summed E-state index contributed by atoms with van der Waals surface area (Å²) in [5.41, 5.74) is 2.77. The molecule has 142 valence electrons. The lowest BCUT2D eigenvalue weighted by Gasteiger charge is -2.20. The predicted octanol–water partition coefficient (Wildman–Crippen LogP) is 3.39. The van der Waals surface area contributed by atoms with E-state index in [2.05, 4.69) is 17.4 Å². The third kappa shape index (κ3) is 5.90. The lowest BCUT2D eigenvalue weighted by atomic mass is 10.0. The van der Waals surface area contributed by atoms with Gasteiger partial charge in [-0.25, -0.2) is 0 Å². The van der Waals surface area contributed by atoms with E-state index in [0.717, 1.165) is 37.2 Å². The van der Waals surface area contributed by atoms with Crippen molar-refractivity contribution in [2.24, 2.45) is 0 Å². The number of rotatable bonds is 7. The Hall–Kier alpha value is -1.75. The highest BCUT2D eigenvalue weighted by molar-refractivity contribution is 5.85. The Morgan fingerprint density at radius 3 is 2.69 bits per heavy atom. The summed E-state index contributed by atoms with van der Waals surface area (Å²) >= 11 is 0. The van der Waals surface area contributed by atoms with Crippen LogP contribution in [0.3, 0.4) is 0 Å². The fourth-order valence-corrected chi connectivity index (χ4v) is 3.31. The van der Waals surface area contributed by atoms with Crippen LogP contribution in [0.5, 0.6) is 11.5 Å². The van der Waals surface area contributed by atoms with Crippen molar-refractivity contribution in [3.63, 3.8) is 0 Å². The quantitative estimate of drug-likeness (QED) is 0.726. The molecule has 0 aliphatic heterocycles. The monoisotopic (exact) mass is 377 g/mol. The average Bonchev–Trinajstić information content (AvgIpc) is 2.86. The molecular weight excluding hydrogens is 350 g/mol. The van der Waals surface area contributed by atoms with Crippen LogP contribution >= 0.6 is 12.4 Å². The van der Waals surface area contributed by atoms with Crippen LogP contribution in [0, 0.1) is 0 Å². The standard InChI is InChI=1S/C21H27NO3.ClH/c1-24-21-11-10-17-12-18(7-5-6-16(17)13-21)22-14-19(23)15-25-20-8-3-2-4-9-20;/h2-4,8-11,13,18-19,22-23H,5-7,12,14-15H2,1H3;1H/t18?,19-;/m0./s1. The van der Waals surface area contributed by atoms with Gasteiger partial charge in [0, 0.05) is 12.6 Å². The molecule has 2 aromatic rings. The van der Waals surface area contributed by atoms with E-state index in [1.807, 2.05) is 36.4 Å². The molecule has 0 bridgehead atoms. The van der Waals surface area contributed by atoms with E-state index in [1.54, 1.807) is 7.11 Å². The van der Waals surface area contributed by atoms with Gasteiger partial charge < -0.3 is 19.9 Å². The van der Waals surface area contributed by atoms with E-state index in [4.69, 9.17) is 9.47 Å². The van der Waals surface area contributed by atoms with Crippen molar-refractivity contribution in [1.29, 1.82) is 0 Å². The highest BCUT2D eigenvalue weighted by atomic mass is 35.5. The molecular formula is C21H28ClNO3. The molecule has 26 heavy (non-hydrogen) atoms. The number of methoxy groups -OCH3 is 1. The minimum Gasteiger partial charge on any atom is -0.497 e. The van der Waals surface area contributed by atoms with Crippen LogP contribution in [0.25, 0.3) is 0 Å². The summed E-state index contributed by atoms with van der Waals surface area (Å²) in [6.07, 6.45) is 3.83. The summed E-state index contributed by atoms with van der Waals surface area (Å²) in [5, 5.41) is 13.7.